The van der Waals surface area contributed by atoms with Crippen LogP contribution in [0.3, 0.4) is 0 Å². The predicted octanol–water partition coefficient (Wildman–Crippen LogP) is 4.37. The van der Waals surface area contributed by atoms with Crippen molar-refractivity contribution in [2.24, 2.45) is 10.4 Å². The lowest BCUT2D eigenvalue weighted by Crippen LogP contribution is -2.02. The molecule has 9 nitrogen and oxygen atoms in total. The molecule has 2 N–H and O–H groups in total. The fraction of sp³-hybridized carbons (Fsp3) is 0.0588. The van der Waals surface area contributed by atoms with E-state index in [4.69, 9.17) is 16.4 Å². The molecule has 0 unspecified atom stereocenters. The van der Waals surface area contributed by atoms with Gasteiger partial charge in [-0.15, -0.1) is 5.11 Å². The minimum absolute atomic E-state index is 0.194. The molecule has 0 amide bonds. The van der Waals surface area contributed by atoms with Crippen LogP contribution in [-0.2, 0) is 20.2 Å². The van der Waals surface area contributed by atoms with Crippen LogP contribution in [0.25, 0.3) is 10.8 Å². The highest BCUT2D eigenvalue weighted by molar-refractivity contribution is 7.86. The highest BCUT2D eigenvalue weighted by Crippen LogP contribution is 2.35. The van der Waals surface area contributed by atoms with Gasteiger partial charge in [-0.05, 0) is 36.1 Å². The zero-order valence-electron chi connectivity index (χ0n) is 14.6. The third-order valence-corrected chi connectivity index (χ3v) is 6.11. The fourth-order valence-electron chi connectivity index (χ4n) is 2.71. The second-order valence-electron chi connectivity index (χ2n) is 5.93. The van der Waals surface area contributed by atoms with E-state index >= 15 is 0 Å². The second-order valence-corrected chi connectivity index (χ2v) is 9.06. The van der Waals surface area contributed by atoms with Crippen LogP contribution in [0.5, 0.6) is 5.75 Å². The molecule has 0 aliphatic carbocycles. The van der Waals surface area contributed by atoms with Crippen LogP contribution < -0.4 is 4.84 Å². The minimum atomic E-state index is -4.71. The molecular weight excluding hydrogens is 444 g/mol. The lowest BCUT2D eigenvalue weighted by Gasteiger charge is -2.08. The zero-order chi connectivity index (χ0) is 21.4. The number of rotatable bonds is 5. The van der Waals surface area contributed by atoms with Gasteiger partial charge in [0.2, 0.25) is 0 Å². The minimum Gasteiger partial charge on any atom is -0.338 e. The van der Waals surface area contributed by atoms with Crippen LogP contribution in [0.4, 0.5) is 5.69 Å². The zero-order valence-corrected chi connectivity index (χ0v) is 17.0. The number of hydrogen-bond acceptors (Lipinski definition) is 7. The molecule has 0 radical (unpaired) electrons. The van der Waals surface area contributed by atoms with Gasteiger partial charge >= 0.3 is 0 Å². The van der Waals surface area contributed by atoms with Crippen molar-refractivity contribution in [1.29, 1.82) is 0 Å². The smallest absolute Gasteiger partial charge is 0.298 e. The first-order valence-corrected chi connectivity index (χ1v) is 11.1. The van der Waals surface area contributed by atoms with Gasteiger partial charge in [-0.3, -0.25) is 9.11 Å². The molecular formula is C17H13ClN2O7S2. The summed E-state index contributed by atoms with van der Waals surface area (Å²) in [6.07, 6.45) is 0. The summed E-state index contributed by atoms with van der Waals surface area (Å²) in [6, 6.07) is 11.8. The van der Waals surface area contributed by atoms with Crippen molar-refractivity contribution in [3.05, 3.63) is 59.1 Å². The van der Waals surface area contributed by atoms with E-state index in [2.05, 4.69) is 10.4 Å². The summed E-state index contributed by atoms with van der Waals surface area (Å²) in [6.45, 7) is 1.61. The first-order chi connectivity index (χ1) is 13.5. The number of nitrogens with zero attached hydrogens (tertiary/aromatic N) is 2. The quantitative estimate of drug-likeness (QED) is 0.329. The molecule has 0 spiro atoms. The molecule has 0 fully saturated rings. The van der Waals surface area contributed by atoms with Gasteiger partial charge in [0.15, 0.2) is 5.75 Å². The van der Waals surface area contributed by atoms with Crippen LogP contribution in [0.15, 0.2) is 68.7 Å². The summed E-state index contributed by atoms with van der Waals surface area (Å²) in [5, 5.41) is 7.41. The van der Waals surface area contributed by atoms with E-state index in [1.807, 2.05) is 0 Å². The highest BCUT2D eigenvalue weighted by atomic mass is 35.5. The number of benzene rings is 3. The van der Waals surface area contributed by atoms with Crippen LogP contribution in [0.2, 0.25) is 5.02 Å². The molecule has 152 valence electrons. The van der Waals surface area contributed by atoms with Crippen molar-refractivity contribution in [1.82, 2.24) is 0 Å². The Bertz CT molecular complexity index is 1350. The van der Waals surface area contributed by atoms with Gasteiger partial charge in [0, 0.05) is 10.7 Å². The molecule has 0 aliphatic heterocycles. The first-order valence-electron chi connectivity index (χ1n) is 7.83. The van der Waals surface area contributed by atoms with E-state index in [1.54, 1.807) is 31.2 Å². The number of hydrogen-bond donors (Lipinski definition) is 2. The maximum Gasteiger partial charge on any atom is 0.298 e. The monoisotopic (exact) mass is 456 g/mol. The standard InChI is InChI=1S/C17H13ClN2O7S2/c1-10-8-13(18)17(29(24,25)26)14(9-10)19-20-27-15-7-6-11-4-2-3-5-12(11)16(15)28(21,22)23/h2-9H,1H3,(H,21,22,23)(H,24,25,26). The van der Waals surface area contributed by atoms with E-state index < -0.39 is 30.0 Å². The van der Waals surface area contributed by atoms with Crippen molar-refractivity contribution in [3.63, 3.8) is 0 Å². The number of aryl methyl sites for hydroxylation is 1. The first kappa shape index (κ1) is 21.1. The molecule has 3 aromatic rings. The average Bonchev–Trinajstić information content (AvgIpc) is 2.58. The molecule has 0 aliphatic rings. The third-order valence-electron chi connectivity index (χ3n) is 3.82. The molecule has 12 heteroatoms. The topological polar surface area (TPSA) is 143 Å². The summed E-state index contributed by atoms with van der Waals surface area (Å²) in [5.41, 5.74) is 0.215. The maximum absolute atomic E-state index is 11.8. The highest BCUT2D eigenvalue weighted by Gasteiger charge is 2.22. The average molecular weight is 457 g/mol. The summed E-state index contributed by atoms with van der Waals surface area (Å²) in [4.78, 5) is 3.83. The lowest BCUT2D eigenvalue weighted by atomic mass is 10.1. The third kappa shape index (κ3) is 4.54. The Morgan fingerprint density at radius 1 is 0.931 bits per heavy atom. The number of halogens is 1. The van der Waals surface area contributed by atoms with Gasteiger partial charge in [0.05, 0.1) is 5.02 Å². The summed E-state index contributed by atoms with van der Waals surface area (Å²) < 4.78 is 65.8. The van der Waals surface area contributed by atoms with E-state index in [1.165, 1.54) is 24.3 Å². The largest absolute Gasteiger partial charge is 0.338 e. The molecule has 3 aromatic carbocycles. The van der Waals surface area contributed by atoms with Gasteiger partial charge in [0.1, 0.15) is 15.5 Å². The van der Waals surface area contributed by atoms with Gasteiger partial charge < -0.3 is 4.84 Å². The van der Waals surface area contributed by atoms with Gasteiger partial charge in [-0.2, -0.15) is 16.8 Å². The van der Waals surface area contributed by atoms with Crippen LogP contribution >= 0.6 is 11.6 Å². The van der Waals surface area contributed by atoms with E-state index in [0.29, 0.717) is 10.9 Å². The van der Waals surface area contributed by atoms with Crippen molar-refractivity contribution < 1.29 is 30.8 Å². The Kier molecular flexibility index (Phi) is 5.61. The Balaban J connectivity index is 2.08. The van der Waals surface area contributed by atoms with Crippen molar-refractivity contribution in [2.45, 2.75) is 16.7 Å². The van der Waals surface area contributed by atoms with E-state index in [0.717, 1.165) is 0 Å². The van der Waals surface area contributed by atoms with Crippen LogP contribution in [0, 0.1) is 6.92 Å². The lowest BCUT2D eigenvalue weighted by molar-refractivity contribution is 0.303. The van der Waals surface area contributed by atoms with Crippen molar-refractivity contribution in [2.75, 3.05) is 0 Å². The van der Waals surface area contributed by atoms with Crippen molar-refractivity contribution >= 4 is 48.3 Å². The molecule has 0 atom stereocenters. The SMILES string of the molecule is Cc1cc(Cl)c(S(=O)(=O)O)c(N=NOc2ccc3ccccc3c2S(=O)(=O)O)c1. The molecule has 0 saturated carbocycles. The summed E-state index contributed by atoms with van der Waals surface area (Å²) in [7, 11) is -9.40. The van der Waals surface area contributed by atoms with E-state index in [-0.39, 0.29) is 21.8 Å². The predicted molar refractivity (Wildman–Crippen MR) is 105 cm³/mol. The summed E-state index contributed by atoms with van der Waals surface area (Å²) in [5.74, 6) is -0.331. The molecule has 0 heterocycles. The number of fused-ring (bicyclic) bond motifs is 1. The molecule has 3 rings (SSSR count). The molecule has 29 heavy (non-hydrogen) atoms. The van der Waals surface area contributed by atoms with Crippen LogP contribution in [-0.4, -0.2) is 25.9 Å². The summed E-state index contributed by atoms with van der Waals surface area (Å²) >= 11 is 5.87. The van der Waals surface area contributed by atoms with E-state index in [9.17, 15) is 25.9 Å². The molecule has 0 aromatic heterocycles. The fourth-order valence-corrected chi connectivity index (χ4v) is 4.76. The molecule has 0 saturated heterocycles. The molecule has 0 bridgehead atoms. The normalized spacial score (nSPS) is 12.6. The maximum atomic E-state index is 11.8. The Morgan fingerprint density at radius 3 is 2.24 bits per heavy atom. The Morgan fingerprint density at radius 2 is 1.59 bits per heavy atom. The van der Waals surface area contributed by atoms with Crippen LogP contribution in [0.1, 0.15) is 5.56 Å². The van der Waals surface area contributed by atoms with Gasteiger partial charge in [0.25, 0.3) is 20.2 Å². The van der Waals surface area contributed by atoms with Gasteiger partial charge in [-0.25, -0.2) is 0 Å². The second kappa shape index (κ2) is 7.69. The van der Waals surface area contributed by atoms with Gasteiger partial charge in [-0.1, -0.05) is 41.9 Å². The Labute approximate surface area is 171 Å². The Hall–Kier alpha value is -2.57. The van der Waals surface area contributed by atoms with Crippen molar-refractivity contribution in [3.8, 4) is 5.75 Å².